The summed E-state index contributed by atoms with van der Waals surface area (Å²) in [5.74, 6) is -0.201. The van der Waals surface area contributed by atoms with Gasteiger partial charge in [0.2, 0.25) is 0 Å². The van der Waals surface area contributed by atoms with Gasteiger partial charge in [0.25, 0.3) is 0 Å². The van der Waals surface area contributed by atoms with E-state index < -0.39 is 6.36 Å². The molecule has 1 aromatic carbocycles. The van der Waals surface area contributed by atoms with E-state index in [9.17, 15) is 13.2 Å². The van der Waals surface area contributed by atoms with Crippen molar-refractivity contribution in [2.75, 3.05) is 13.1 Å². The molecule has 0 aromatic heterocycles. The number of halogens is 3. The highest BCUT2D eigenvalue weighted by atomic mass is 19.4. The molecule has 2 rings (SSSR count). The fourth-order valence-electron chi connectivity index (χ4n) is 2.32. The fourth-order valence-corrected chi connectivity index (χ4v) is 2.32. The van der Waals surface area contributed by atoms with Gasteiger partial charge in [-0.05, 0) is 50.0 Å². The lowest BCUT2D eigenvalue weighted by molar-refractivity contribution is -0.274. The summed E-state index contributed by atoms with van der Waals surface area (Å²) in [5, 5.41) is 3.24. The average molecular weight is 274 g/mol. The number of nitrogens with two attached hydrogens (primary N) is 1. The SMILES string of the molecule is NC1(Cc2ccc(OC(F)(F)F)cc2)CCNCC1. The second kappa shape index (κ2) is 5.38. The van der Waals surface area contributed by atoms with Crippen LogP contribution < -0.4 is 15.8 Å². The van der Waals surface area contributed by atoms with Crippen molar-refractivity contribution in [1.82, 2.24) is 5.32 Å². The van der Waals surface area contributed by atoms with Crippen LogP contribution in [0.4, 0.5) is 13.2 Å². The molecule has 1 aliphatic rings. The Labute approximate surface area is 109 Å². The van der Waals surface area contributed by atoms with E-state index in [4.69, 9.17) is 5.73 Å². The van der Waals surface area contributed by atoms with E-state index in [2.05, 4.69) is 10.1 Å². The number of benzene rings is 1. The zero-order valence-electron chi connectivity index (χ0n) is 10.5. The summed E-state index contributed by atoms with van der Waals surface area (Å²) in [5.41, 5.74) is 6.94. The Balaban J connectivity index is 1.98. The van der Waals surface area contributed by atoms with Crippen LogP contribution in [0, 0.1) is 0 Å². The number of ether oxygens (including phenoxy) is 1. The van der Waals surface area contributed by atoms with E-state index in [0.29, 0.717) is 6.42 Å². The summed E-state index contributed by atoms with van der Waals surface area (Å²) in [6.45, 7) is 1.76. The Kier molecular flexibility index (Phi) is 4.01. The van der Waals surface area contributed by atoms with E-state index in [0.717, 1.165) is 31.5 Å². The highest BCUT2D eigenvalue weighted by Crippen LogP contribution is 2.25. The molecule has 0 aliphatic carbocycles. The van der Waals surface area contributed by atoms with Crippen LogP contribution >= 0.6 is 0 Å². The maximum atomic E-state index is 12.0. The molecule has 1 saturated heterocycles. The van der Waals surface area contributed by atoms with Crippen molar-refractivity contribution in [2.24, 2.45) is 5.73 Å². The standard InChI is InChI=1S/C13H17F3N2O/c14-13(15,16)19-11-3-1-10(2-4-11)9-12(17)5-7-18-8-6-12/h1-4,18H,5-9,17H2. The molecule has 3 N–H and O–H groups in total. The molecule has 1 heterocycles. The van der Waals surface area contributed by atoms with E-state index in [1.165, 1.54) is 12.1 Å². The molecule has 0 amide bonds. The van der Waals surface area contributed by atoms with Crippen molar-refractivity contribution in [3.8, 4) is 5.75 Å². The van der Waals surface area contributed by atoms with Gasteiger partial charge >= 0.3 is 6.36 Å². The average Bonchev–Trinajstić information content (AvgIpc) is 2.30. The third-order valence-electron chi connectivity index (χ3n) is 3.31. The normalized spacial score (nSPS) is 19.2. The largest absolute Gasteiger partial charge is 0.573 e. The number of hydrogen-bond acceptors (Lipinski definition) is 3. The monoisotopic (exact) mass is 274 g/mol. The van der Waals surface area contributed by atoms with E-state index >= 15 is 0 Å². The van der Waals surface area contributed by atoms with Gasteiger partial charge in [-0.1, -0.05) is 12.1 Å². The molecule has 106 valence electrons. The van der Waals surface area contributed by atoms with Crippen LogP contribution in [-0.4, -0.2) is 25.0 Å². The minimum absolute atomic E-state index is 0.201. The fraction of sp³-hybridized carbons (Fsp3) is 0.538. The number of piperidine rings is 1. The Hall–Kier alpha value is -1.27. The first kappa shape index (κ1) is 14.1. The van der Waals surface area contributed by atoms with Crippen molar-refractivity contribution >= 4 is 0 Å². The zero-order valence-corrected chi connectivity index (χ0v) is 10.5. The molecule has 0 radical (unpaired) electrons. The lowest BCUT2D eigenvalue weighted by Crippen LogP contribution is -2.50. The molecule has 0 atom stereocenters. The Morgan fingerprint density at radius 1 is 1.16 bits per heavy atom. The molecule has 19 heavy (non-hydrogen) atoms. The van der Waals surface area contributed by atoms with Gasteiger partial charge in [-0.25, -0.2) is 0 Å². The smallest absolute Gasteiger partial charge is 0.406 e. The van der Waals surface area contributed by atoms with Crippen molar-refractivity contribution < 1.29 is 17.9 Å². The molecule has 0 bridgehead atoms. The summed E-state index contributed by atoms with van der Waals surface area (Å²) >= 11 is 0. The van der Waals surface area contributed by atoms with Gasteiger partial charge in [0.1, 0.15) is 5.75 Å². The highest BCUT2D eigenvalue weighted by molar-refractivity contribution is 5.28. The maximum Gasteiger partial charge on any atom is 0.573 e. The predicted octanol–water partition coefficient (Wildman–Crippen LogP) is 2.21. The lowest BCUT2D eigenvalue weighted by atomic mass is 9.83. The summed E-state index contributed by atoms with van der Waals surface area (Å²) < 4.78 is 39.9. The second-order valence-electron chi connectivity index (χ2n) is 4.98. The van der Waals surface area contributed by atoms with E-state index in [-0.39, 0.29) is 11.3 Å². The van der Waals surface area contributed by atoms with Crippen molar-refractivity contribution in [3.05, 3.63) is 29.8 Å². The Morgan fingerprint density at radius 3 is 2.26 bits per heavy atom. The molecule has 6 heteroatoms. The molecule has 1 aromatic rings. The maximum absolute atomic E-state index is 12.0. The molecule has 3 nitrogen and oxygen atoms in total. The molecule has 0 saturated carbocycles. The predicted molar refractivity (Wildman–Crippen MR) is 65.9 cm³/mol. The first-order valence-corrected chi connectivity index (χ1v) is 6.21. The third kappa shape index (κ3) is 4.40. The minimum atomic E-state index is -4.65. The summed E-state index contributed by atoms with van der Waals surface area (Å²) in [6.07, 6.45) is -2.24. The van der Waals surface area contributed by atoms with Gasteiger partial charge in [-0.3, -0.25) is 0 Å². The summed E-state index contributed by atoms with van der Waals surface area (Å²) in [7, 11) is 0. The molecular weight excluding hydrogens is 257 g/mol. The number of alkyl halides is 3. The van der Waals surface area contributed by atoms with Crippen LogP contribution in [0.5, 0.6) is 5.75 Å². The van der Waals surface area contributed by atoms with Gasteiger partial charge in [-0.15, -0.1) is 13.2 Å². The summed E-state index contributed by atoms with van der Waals surface area (Å²) in [6, 6.07) is 5.93. The van der Waals surface area contributed by atoms with Gasteiger partial charge in [0, 0.05) is 5.54 Å². The van der Waals surface area contributed by atoms with Crippen LogP contribution in [0.2, 0.25) is 0 Å². The van der Waals surface area contributed by atoms with Gasteiger partial charge in [-0.2, -0.15) is 0 Å². The van der Waals surface area contributed by atoms with Crippen LogP contribution in [0.1, 0.15) is 18.4 Å². The van der Waals surface area contributed by atoms with Crippen LogP contribution in [0.3, 0.4) is 0 Å². The van der Waals surface area contributed by atoms with Gasteiger partial charge < -0.3 is 15.8 Å². The van der Waals surface area contributed by atoms with Crippen LogP contribution in [0.25, 0.3) is 0 Å². The Morgan fingerprint density at radius 2 is 1.74 bits per heavy atom. The first-order chi connectivity index (χ1) is 8.86. The number of nitrogens with one attached hydrogen (secondary N) is 1. The molecule has 0 spiro atoms. The molecule has 1 fully saturated rings. The number of hydrogen-bond donors (Lipinski definition) is 2. The third-order valence-corrected chi connectivity index (χ3v) is 3.31. The van der Waals surface area contributed by atoms with Gasteiger partial charge in [0.05, 0.1) is 0 Å². The molecular formula is C13H17F3N2O. The quantitative estimate of drug-likeness (QED) is 0.888. The zero-order chi connectivity index (χ0) is 13.9. The van der Waals surface area contributed by atoms with Gasteiger partial charge in [0.15, 0.2) is 0 Å². The van der Waals surface area contributed by atoms with Crippen molar-refractivity contribution in [2.45, 2.75) is 31.2 Å². The van der Waals surface area contributed by atoms with E-state index in [1.54, 1.807) is 12.1 Å². The first-order valence-electron chi connectivity index (χ1n) is 6.21. The van der Waals surface area contributed by atoms with E-state index in [1.807, 2.05) is 0 Å². The van der Waals surface area contributed by atoms with Crippen molar-refractivity contribution in [1.29, 1.82) is 0 Å². The number of rotatable bonds is 3. The molecule has 0 unspecified atom stereocenters. The summed E-state index contributed by atoms with van der Waals surface area (Å²) in [4.78, 5) is 0. The molecule has 1 aliphatic heterocycles. The highest BCUT2D eigenvalue weighted by Gasteiger charge is 2.31. The second-order valence-corrected chi connectivity index (χ2v) is 4.98. The minimum Gasteiger partial charge on any atom is -0.406 e. The van der Waals surface area contributed by atoms with Crippen LogP contribution in [-0.2, 0) is 6.42 Å². The Bertz CT molecular complexity index is 411. The lowest BCUT2D eigenvalue weighted by Gasteiger charge is -2.34. The van der Waals surface area contributed by atoms with Crippen LogP contribution in [0.15, 0.2) is 24.3 Å². The topological polar surface area (TPSA) is 47.3 Å². The van der Waals surface area contributed by atoms with Crippen molar-refractivity contribution in [3.63, 3.8) is 0 Å².